The van der Waals surface area contributed by atoms with Crippen molar-refractivity contribution >= 4 is 30.9 Å². The van der Waals surface area contributed by atoms with Gasteiger partial charge in [0.1, 0.15) is 12.0 Å². The second-order valence-electron chi connectivity index (χ2n) is 11.5. The predicted molar refractivity (Wildman–Crippen MR) is 153 cm³/mol. The molecular weight excluding hydrogens is 492 g/mol. The lowest BCUT2D eigenvalue weighted by molar-refractivity contribution is -0.157. The normalized spacial score (nSPS) is 25.7. The van der Waals surface area contributed by atoms with Gasteiger partial charge in [-0.1, -0.05) is 101 Å². The van der Waals surface area contributed by atoms with Crippen LogP contribution in [-0.2, 0) is 23.5 Å². The molecule has 0 saturated heterocycles. The fourth-order valence-corrected chi connectivity index (χ4v) is 10.7. The summed E-state index contributed by atoms with van der Waals surface area (Å²) in [4.78, 5) is 23.8. The third-order valence-corrected chi connectivity index (χ3v) is 13.1. The molecule has 0 radical (unpaired) electrons. The minimum absolute atomic E-state index is 0.0513. The third-order valence-electron chi connectivity index (χ3n) is 8.12. The van der Waals surface area contributed by atoms with E-state index in [-0.39, 0.29) is 11.0 Å². The maximum atomic E-state index is 12.4. The number of ether oxygens (including phenoxy) is 2. The Bertz CT molecular complexity index is 1220. The molecule has 4 rings (SSSR count). The second kappa shape index (κ2) is 10.5. The van der Waals surface area contributed by atoms with Gasteiger partial charge >= 0.3 is 5.97 Å². The highest BCUT2D eigenvalue weighted by Gasteiger charge is 2.59. The quantitative estimate of drug-likeness (QED) is 0.156. The first-order chi connectivity index (χ1) is 18.0. The summed E-state index contributed by atoms with van der Waals surface area (Å²) in [6.07, 6.45) is 8.07. The van der Waals surface area contributed by atoms with E-state index in [1.807, 2.05) is 19.1 Å². The molecule has 2 aromatic rings. The van der Waals surface area contributed by atoms with E-state index in [0.717, 1.165) is 11.9 Å². The monoisotopic (exact) mass is 530 g/mol. The first-order valence-electron chi connectivity index (χ1n) is 13.1. The van der Waals surface area contributed by atoms with E-state index >= 15 is 0 Å². The van der Waals surface area contributed by atoms with Gasteiger partial charge in [0.15, 0.2) is 5.60 Å². The zero-order valence-corrected chi connectivity index (χ0v) is 24.2. The van der Waals surface area contributed by atoms with Gasteiger partial charge < -0.3 is 13.9 Å². The van der Waals surface area contributed by atoms with Gasteiger partial charge in [0.2, 0.25) is 0 Å². The Morgan fingerprint density at radius 1 is 1.05 bits per heavy atom. The maximum absolute atomic E-state index is 12.4. The Balaban J connectivity index is 1.81. The van der Waals surface area contributed by atoms with Crippen molar-refractivity contribution in [2.24, 2.45) is 11.3 Å². The van der Waals surface area contributed by atoms with Crippen LogP contribution in [-0.4, -0.2) is 39.9 Å². The van der Waals surface area contributed by atoms with Gasteiger partial charge in [-0.15, -0.1) is 0 Å². The Labute approximate surface area is 227 Å². The van der Waals surface area contributed by atoms with E-state index in [1.165, 1.54) is 22.5 Å². The Morgan fingerprint density at radius 2 is 1.63 bits per heavy atom. The van der Waals surface area contributed by atoms with Gasteiger partial charge in [-0.25, -0.2) is 4.79 Å². The molecule has 1 aliphatic carbocycles. The Kier molecular flexibility index (Phi) is 7.68. The zero-order chi connectivity index (χ0) is 27.6. The van der Waals surface area contributed by atoms with Crippen molar-refractivity contribution in [1.29, 1.82) is 0 Å². The highest BCUT2D eigenvalue weighted by atomic mass is 28.4. The second-order valence-corrected chi connectivity index (χ2v) is 15.8. The van der Waals surface area contributed by atoms with Crippen molar-refractivity contribution < 1.29 is 23.5 Å². The van der Waals surface area contributed by atoms with Crippen LogP contribution in [0.4, 0.5) is 0 Å². The lowest BCUT2D eigenvalue weighted by Gasteiger charge is -2.49. The van der Waals surface area contributed by atoms with E-state index in [2.05, 4.69) is 82.3 Å². The van der Waals surface area contributed by atoms with Crippen LogP contribution in [0, 0.1) is 11.3 Å². The van der Waals surface area contributed by atoms with Crippen molar-refractivity contribution in [3.05, 3.63) is 96.3 Å². The topological polar surface area (TPSA) is 61.8 Å². The van der Waals surface area contributed by atoms with Gasteiger partial charge in [-0.2, -0.15) is 0 Å². The molecule has 1 spiro atoms. The van der Waals surface area contributed by atoms with Gasteiger partial charge in [-0.05, 0) is 39.9 Å². The smallest absolute Gasteiger partial charge is 0.335 e. The lowest BCUT2D eigenvalue weighted by Crippen LogP contribution is -2.66. The zero-order valence-electron chi connectivity index (χ0n) is 23.2. The predicted octanol–water partition coefficient (Wildman–Crippen LogP) is 5.12. The molecule has 1 heterocycles. The summed E-state index contributed by atoms with van der Waals surface area (Å²) in [6, 6.07) is 21.1. The number of methoxy groups -OCH3 is 1. The summed E-state index contributed by atoms with van der Waals surface area (Å²) in [5.74, 6) is 0.103. The van der Waals surface area contributed by atoms with E-state index in [1.54, 1.807) is 13.2 Å². The summed E-state index contributed by atoms with van der Waals surface area (Å²) < 4.78 is 18.8. The number of carbonyl (C=O) groups is 2. The highest BCUT2D eigenvalue weighted by Crippen LogP contribution is 2.54. The van der Waals surface area contributed by atoms with Crippen LogP contribution in [0.2, 0.25) is 5.04 Å². The molecule has 0 unspecified atom stereocenters. The maximum Gasteiger partial charge on any atom is 0.335 e. The average molecular weight is 531 g/mol. The third kappa shape index (κ3) is 4.61. The van der Waals surface area contributed by atoms with Crippen LogP contribution < -0.4 is 10.4 Å². The summed E-state index contributed by atoms with van der Waals surface area (Å²) in [5, 5.41) is 2.29. The first kappa shape index (κ1) is 27.8. The summed E-state index contributed by atoms with van der Waals surface area (Å²) in [5.41, 5.74) is -0.697. The van der Waals surface area contributed by atoms with E-state index in [9.17, 15) is 9.59 Å². The average Bonchev–Trinajstić information content (AvgIpc) is 3.22. The molecule has 6 heteroatoms. The molecule has 3 atom stereocenters. The van der Waals surface area contributed by atoms with Crippen molar-refractivity contribution in [3.8, 4) is 0 Å². The molecule has 0 aromatic heterocycles. The molecule has 0 N–H and O–H groups in total. The minimum atomic E-state index is -2.74. The molecule has 0 saturated carbocycles. The van der Waals surface area contributed by atoms with Gasteiger partial charge in [0, 0.05) is 6.42 Å². The first-order valence-corrected chi connectivity index (χ1v) is 15.0. The van der Waals surface area contributed by atoms with Crippen LogP contribution >= 0.6 is 0 Å². The molecule has 5 nitrogen and oxygen atoms in total. The molecule has 0 bridgehead atoms. The van der Waals surface area contributed by atoms with Crippen LogP contribution in [0.1, 0.15) is 41.0 Å². The summed E-state index contributed by atoms with van der Waals surface area (Å²) in [7, 11) is -1.19. The number of hydrogen-bond acceptors (Lipinski definition) is 5. The minimum Gasteiger partial charge on any atom is -0.497 e. The molecule has 0 fully saturated rings. The van der Waals surface area contributed by atoms with Crippen molar-refractivity contribution in [3.63, 3.8) is 0 Å². The van der Waals surface area contributed by atoms with Gasteiger partial charge in [0.25, 0.3) is 8.32 Å². The SMILES string of the molecule is COC1=CC(=O)O[C@@]12C[C@H](C)C(CO[Si](c1ccccc1)(c1ccccc1)C(C)(C)C)=C[C@]2(C)/C=C/C=O. The molecule has 200 valence electrons. The standard InChI is InChI=1S/C32H38O5Si/c1-24-21-32(28(35-6)20-29(34)37-32)31(5,18-13-19-33)22-25(24)23-36-38(30(2,3)4,26-14-9-7-10-15-26)27-16-11-8-12-17-27/h7-20,22,24H,21,23H2,1-6H3/b18-13+/t24-,31-,32-/m0/s1. The Hall–Kier alpha value is -3.22. The molecule has 0 amide bonds. The summed E-state index contributed by atoms with van der Waals surface area (Å²) in [6.45, 7) is 11.3. The van der Waals surface area contributed by atoms with Crippen LogP contribution in [0.15, 0.2) is 96.3 Å². The number of esters is 1. The molecule has 38 heavy (non-hydrogen) atoms. The number of allylic oxidation sites excluding steroid dienone is 1. The molecule has 2 aromatic carbocycles. The van der Waals surface area contributed by atoms with Crippen molar-refractivity contribution in [2.45, 2.75) is 51.7 Å². The number of carbonyl (C=O) groups excluding carboxylic acids is 2. The van der Waals surface area contributed by atoms with E-state index in [4.69, 9.17) is 13.9 Å². The fourth-order valence-electron chi connectivity index (χ4n) is 6.20. The molecule has 1 aliphatic heterocycles. The summed E-state index contributed by atoms with van der Waals surface area (Å²) >= 11 is 0. The number of rotatable bonds is 8. The van der Waals surface area contributed by atoms with Crippen molar-refractivity contribution in [2.75, 3.05) is 13.7 Å². The highest BCUT2D eigenvalue weighted by molar-refractivity contribution is 6.99. The number of hydrogen-bond donors (Lipinski definition) is 0. The lowest BCUT2D eigenvalue weighted by atomic mass is 9.62. The number of aldehydes is 1. The molecular formula is C32H38O5Si. The van der Waals surface area contributed by atoms with Crippen LogP contribution in [0.3, 0.4) is 0 Å². The van der Waals surface area contributed by atoms with Crippen molar-refractivity contribution in [1.82, 2.24) is 0 Å². The Morgan fingerprint density at radius 3 is 2.13 bits per heavy atom. The molecule has 2 aliphatic rings. The fraction of sp³-hybridized carbons (Fsp3) is 0.375. The van der Waals surface area contributed by atoms with Gasteiger partial charge in [-0.3, -0.25) is 4.79 Å². The number of benzene rings is 2. The largest absolute Gasteiger partial charge is 0.497 e. The van der Waals surface area contributed by atoms with Gasteiger partial charge in [0.05, 0.1) is 25.2 Å². The van der Waals surface area contributed by atoms with E-state index in [0.29, 0.717) is 18.8 Å². The van der Waals surface area contributed by atoms with Crippen LogP contribution in [0.25, 0.3) is 0 Å². The van der Waals surface area contributed by atoms with Crippen LogP contribution in [0.5, 0.6) is 0 Å². The van der Waals surface area contributed by atoms with E-state index < -0.39 is 25.3 Å².